The van der Waals surface area contributed by atoms with Crippen LogP contribution < -0.4 is 15.4 Å². The fourth-order valence-corrected chi connectivity index (χ4v) is 3.66. The van der Waals surface area contributed by atoms with Crippen LogP contribution in [-0.4, -0.2) is 72.2 Å². The highest BCUT2D eigenvalue weighted by Crippen LogP contribution is 2.33. The van der Waals surface area contributed by atoms with E-state index in [1.807, 2.05) is 0 Å². The van der Waals surface area contributed by atoms with Gasteiger partial charge in [-0.2, -0.15) is 0 Å². The average molecular weight is 468 g/mol. The number of ketones is 1. The van der Waals surface area contributed by atoms with Crippen LogP contribution in [0.2, 0.25) is 0 Å². The highest BCUT2D eigenvalue weighted by atomic mass is 19.1. The molecule has 1 atom stereocenters. The Morgan fingerprint density at radius 1 is 1.32 bits per heavy atom. The number of nitrogens with one attached hydrogen (secondary N) is 2. The first-order valence-corrected chi connectivity index (χ1v) is 11.0. The van der Waals surface area contributed by atoms with Crippen molar-refractivity contribution >= 4 is 34.1 Å². The third-order valence-corrected chi connectivity index (χ3v) is 5.44. The molecule has 0 spiro atoms. The number of fused-ring (bicyclic) bond motifs is 1. The van der Waals surface area contributed by atoms with Crippen molar-refractivity contribution in [3.63, 3.8) is 0 Å². The third-order valence-electron chi connectivity index (χ3n) is 5.44. The van der Waals surface area contributed by atoms with E-state index in [1.54, 1.807) is 12.1 Å². The highest BCUT2D eigenvalue weighted by molar-refractivity contribution is 6.03. The lowest BCUT2D eigenvalue weighted by Gasteiger charge is -2.26. The predicted molar refractivity (Wildman–Crippen MR) is 126 cm³/mol. The normalized spacial score (nSPS) is 18.4. The summed E-state index contributed by atoms with van der Waals surface area (Å²) in [6.07, 6.45) is 5.56. The van der Waals surface area contributed by atoms with Gasteiger partial charge in [-0.25, -0.2) is 14.4 Å². The number of alkyl halides is 1. The van der Waals surface area contributed by atoms with Gasteiger partial charge in [0.2, 0.25) is 5.91 Å². The summed E-state index contributed by atoms with van der Waals surface area (Å²) in [5.41, 5.74) is 1.42. The fourth-order valence-electron chi connectivity index (χ4n) is 3.66. The van der Waals surface area contributed by atoms with E-state index in [2.05, 4.69) is 32.1 Å². The Morgan fingerprint density at radius 3 is 2.91 bits per heavy atom. The van der Waals surface area contributed by atoms with Crippen molar-refractivity contribution in [2.45, 2.75) is 12.6 Å². The fraction of sp³-hybridized carbons (Fsp3) is 0.333. The number of benzene rings is 1. The van der Waals surface area contributed by atoms with Crippen LogP contribution in [-0.2, 0) is 14.3 Å². The number of ether oxygens (including phenoxy) is 2. The Morgan fingerprint density at radius 2 is 2.15 bits per heavy atom. The zero-order valence-electron chi connectivity index (χ0n) is 18.6. The van der Waals surface area contributed by atoms with Crippen molar-refractivity contribution in [2.75, 3.05) is 50.1 Å². The van der Waals surface area contributed by atoms with Crippen LogP contribution in [0.5, 0.6) is 5.75 Å². The van der Waals surface area contributed by atoms with Gasteiger partial charge in [-0.05, 0) is 30.7 Å². The molecule has 0 saturated carbocycles. The minimum atomic E-state index is -1.64. The van der Waals surface area contributed by atoms with Gasteiger partial charge >= 0.3 is 0 Å². The number of rotatable bonds is 9. The Bertz CT molecular complexity index is 1140. The first kappa shape index (κ1) is 23.5. The molecule has 10 heteroatoms. The molecule has 2 aliphatic rings. The molecule has 4 rings (SSSR count). The van der Waals surface area contributed by atoms with Gasteiger partial charge in [-0.15, -0.1) is 0 Å². The van der Waals surface area contributed by atoms with Crippen LogP contribution >= 0.6 is 0 Å². The van der Waals surface area contributed by atoms with Gasteiger partial charge in [-0.3, -0.25) is 14.5 Å². The van der Waals surface area contributed by atoms with Crippen LogP contribution in [0.25, 0.3) is 10.9 Å². The second-order valence-electron chi connectivity index (χ2n) is 7.83. The van der Waals surface area contributed by atoms with E-state index in [-0.39, 0.29) is 5.91 Å². The molecule has 1 saturated heterocycles. The van der Waals surface area contributed by atoms with Crippen LogP contribution in [0.3, 0.4) is 0 Å². The summed E-state index contributed by atoms with van der Waals surface area (Å²) in [4.78, 5) is 34.6. The smallest absolute Gasteiger partial charge is 0.247 e. The summed E-state index contributed by atoms with van der Waals surface area (Å²) < 4.78 is 24.8. The molecule has 1 aromatic heterocycles. The van der Waals surface area contributed by atoms with E-state index in [9.17, 15) is 14.0 Å². The van der Waals surface area contributed by atoms with Gasteiger partial charge in [-0.1, -0.05) is 6.58 Å². The van der Waals surface area contributed by atoms with Crippen molar-refractivity contribution < 1.29 is 23.5 Å². The average Bonchev–Trinajstić information content (AvgIpc) is 2.85. The van der Waals surface area contributed by atoms with Gasteiger partial charge in [0, 0.05) is 42.9 Å². The quantitative estimate of drug-likeness (QED) is 0.428. The molecule has 2 heterocycles. The molecule has 1 unspecified atom stereocenters. The number of aromatic nitrogens is 2. The number of carbonyl (C=O) groups excluding carboxylic acids is 2. The molecule has 34 heavy (non-hydrogen) atoms. The molecule has 0 bridgehead atoms. The lowest BCUT2D eigenvalue weighted by Crippen LogP contribution is -2.37. The summed E-state index contributed by atoms with van der Waals surface area (Å²) in [6.45, 7) is 8.16. The monoisotopic (exact) mass is 467 g/mol. The van der Waals surface area contributed by atoms with E-state index in [4.69, 9.17) is 9.47 Å². The lowest BCUT2D eigenvalue weighted by atomic mass is 10.1. The number of halogens is 1. The maximum atomic E-state index is 13.4. The van der Waals surface area contributed by atoms with Crippen LogP contribution in [0.15, 0.2) is 55.0 Å². The van der Waals surface area contributed by atoms with Crippen LogP contribution in [0.4, 0.5) is 15.9 Å². The Kier molecular flexibility index (Phi) is 7.61. The lowest BCUT2D eigenvalue weighted by molar-refractivity contribution is -0.117. The van der Waals surface area contributed by atoms with Crippen molar-refractivity contribution in [1.29, 1.82) is 0 Å². The van der Waals surface area contributed by atoms with E-state index in [0.717, 1.165) is 39.3 Å². The zero-order valence-corrected chi connectivity index (χ0v) is 18.6. The maximum Gasteiger partial charge on any atom is 0.247 e. The number of allylic oxidation sites excluding steroid dienone is 3. The SMILES string of the molecule is C=CC(=O)Nc1cc2c(NC3=CC(=O)C(F)C=C3)ncnc2cc1OCCCN1CCOCC1. The van der Waals surface area contributed by atoms with Crippen molar-refractivity contribution in [3.05, 3.63) is 55.0 Å². The topological polar surface area (TPSA) is 106 Å². The summed E-state index contributed by atoms with van der Waals surface area (Å²) in [7, 11) is 0. The number of nitrogens with zero attached hydrogens (tertiary/aromatic N) is 3. The third kappa shape index (κ3) is 5.83. The number of carbonyl (C=O) groups is 2. The minimum absolute atomic E-state index is 0.388. The predicted octanol–water partition coefficient (Wildman–Crippen LogP) is 2.63. The van der Waals surface area contributed by atoms with E-state index < -0.39 is 12.0 Å². The summed E-state index contributed by atoms with van der Waals surface area (Å²) in [6, 6.07) is 3.42. The second-order valence-corrected chi connectivity index (χ2v) is 7.83. The standard InChI is InChI=1S/C24H26FN5O4/c1-2-23(32)29-20-13-17-19(14-22(20)34-9-3-6-30-7-10-33-11-8-30)26-15-27-24(17)28-16-4-5-18(25)21(31)12-16/h2,4-5,12-15,18H,1,3,6-11H2,(H,29,32)(H,26,27,28). The van der Waals surface area contributed by atoms with Crippen molar-refractivity contribution in [3.8, 4) is 5.75 Å². The Labute approximate surface area is 196 Å². The Hall–Kier alpha value is -3.63. The molecule has 2 N–H and O–H groups in total. The molecule has 1 amide bonds. The first-order valence-electron chi connectivity index (χ1n) is 11.0. The summed E-state index contributed by atoms with van der Waals surface area (Å²) >= 11 is 0. The number of hydrogen-bond donors (Lipinski definition) is 2. The molecule has 0 radical (unpaired) electrons. The molecule has 1 fully saturated rings. The van der Waals surface area contributed by atoms with Gasteiger partial charge in [0.15, 0.2) is 12.0 Å². The summed E-state index contributed by atoms with van der Waals surface area (Å²) in [5, 5.41) is 6.38. The maximum absolute atomic E-state index is 13.4. The molecule has 1 aliphatic carbocycles. The zero-order chi connectivity index (χ0) is 23.9. The number of hydrogen-bond acceptors (Lipinski definition) is 8. The molecular formula is C24H26FN5O4. The number of anilines is 2. The molecule has 178 valence electrons. The van der Waals surface area contributed by atoms with Crippen LogP contribution in [0.1, 0.15) is 6.42 Å². The summed E-state index contributed by atoms with van der Waals surface area (Å²) in [5.74, 6) is -0.156. The minimum Gasteiger partial charge on any atom is -0.491 e. The Balaban J connectivity index is 1.54. The van der Waals surface area contributed by atoms with Crippen molar-refractivity contribution in [1.82, 2.24) is 14.9 Å². The molecule has 9 nitrogen and oxygen atoms in total. The van der Waals surface area contributed by atoms with Gasteiger partial charge in [0.25, 0.3) is 0 Å². The molecule has 1 aliphatic heterocycles. The van der Waals surface area contributed by atoms with Gasteiger partial charge < -0.3 is 20.1 Å². The number of morpholine rings is 1. The van der Waals surface area contributed by atoms with Gasteiger partial charge in [0.05, 0.1) is 31.0 Å². The van der Waals surface area contributed by atoms with Crippen molar-refractivity contribution in [2.24, 2.45) is 0 Å². The second kappa shape index (κ2) is 11.0. The largest absolute Gasteiger partial charge is 0.491 e. The molecular weight excluding hydrogens is 441 g/mol. The van der Waals surface area contributed by atoms with Gasteiger partial charge in [0.1, 0.15) is 17.9 Å². The molecule has 1 aromatic carbocycles. The number of amides is 1. The first-order chi connectivity index (χ1) is 16.5. The van der Waals surface area contributed by atoms with E-state index >= 15 is 0 Å². The highest BCUT2D eigenvalue weighted by Gasteiger charge is 2.18. The van der Waals surface area contributed by atoms with E-state index in [0.29, 0.717) is 40.5 Å². The van der Waals surface area contributed by atoms with Crippen LogP contribution in [0, 0.1) is 0 Å². The van der Waals surface area contributed by atoms with E-state index in [1.165, 1.54) is 30.6 Å². The molecule has 2 aromatic rings.